The molecule has 0 aromatic heterocycles. The van der Waals surface area contributed by atoms with Crippen molar-refractivity contribution in [3.05, 3.63) is 48.5 Å². The first-order chi connectivity index (χ1) is 13.1. The minimum absolute atomic E-state index is 0.0640. The smallest absolute Gasteiger partial charge is 0.243 e. The quantitative estimate of drug-likeness (QED) is 0.657. The molecule has 2 amide bonds. The van der Waals surface area contributed by atoms with Crippen molar-refractivity contribution >= 4 is 28.9 Å². The molecule has 0 saturated carbocycles. The van der Waals surface area contributed by atoms with Crippen molar-refractivity contribution in [1.82, 2.24) is 0 Å². The standard InChI is InChI=1S/C22H29N3O3/c1-15(2)28-19-11-7-10-18(13-19)24-20(26)14-23-16-8-6-9-17(12-16)25-21(27)22(3,4)5/h6-13,15,23H,14H2,1-5H3,(H,24,26)(H,25,27). The van der Waals surface area contributed by atoms with Crippen LogP contribution in [0.2, 0.25) is 0 Å². The van der Waals surface area contributed by atoms with Crippen molar-refractivity contribution in [2.75, 3.05) is 22.5 Å². The first kappa shape index (κ1) is 21.3. The van der Waals surface area contributed by atoms with Gasteiger partial charge in [0.15, 0.2) is 0 Å². The number of carbonyl (C=O) groups excluding carboxylic acids is 2. The van der Waals surface area contributed by atoms with E-state index in [1.54, 1.807) is 12.1 Å². The third kappa shape index (κ3) is 6.95. The maximum absolute atomic E-state index is 12.2. The Morgan fingerprint density at radius 2 is 1.54 bits per heavy atom. The molecule has 0 fully saturated rings. The van der Waals surface area contributed by atoms with E-state index in [2.05, 4.69) is 16.0 Å². The van der Waals surface area contributed by atoms with Gasteiger partial charge in [0, 0.05) is 28.5 Å². The summed E-state index contributed by atoms with van der Waals surface area (Å²) in [6, 6.07) is 14.6. The molecule has 6 nitrogen and oxygen atoms in total. The summed E-state index contributed by atoms with van der Waals surface area (Å²) in [5.41, 5.74) is 1.63. The third-order valence-electron chi connectivity index (χ3n) is 3.74. The second-order valence-corrected chi connectivity index (χ2v) is 7.88. The van der Waals surface area contributed by atoms with Crippen LogP contribution in [0.3, 0.4) is 0 Å². The van der Waals surface area contributed by atoms with Gasteiger partial charge in [0.1, 0.15) is 5.75 Å². The molecule has 28 heavy (non-hydrogen) atoms. The molecule has 0 aliphatic rings. The Labute approximate surface area is 166 Å². The molecule has 2 aromatic rings. The van der Waals surface area contributed by atoms with Crippen molar-refractivity contribution in [2.45, 2.75) is 40.7 Å². The van der Waals surface area contributed by atoms with Crippen LogP contribution in [0.5, 0.6) is 5.75 Å². The van der Waals surface area contributed by atoms with Crippen molar-refractivity contribution in [1.29, 1.82) is 0 Å². The zero-order valence-electron chi connectivity index (χ0n) is 17.1. The van der Waals surface area contributed by atoms with E-state index in [1.165, 1.54) is 0 Å². The van der Waals surface area contributed by atoms with Gasteiger partial charge >= 0.3 is 0 Å². The monoisotopic (exact) mass is 383 g/mol. The molecule has 2 aromatic carbocycles. The van der Waals surface area contributed by atoms with Crippen molar-refractivity contribution in [3.8, 4) is 5.75 Å². The highest BCUT2D eigenvalue weighted by Crippen LogP contribution is 2.21. The number of anilines is 3. The molecule has 0 radical (unpaired) electrons. The SMILES string of the molecule is CC(C)Oc1cccc(NC(=O)CNc2cccc(NC(=O)C(C)(C)C)c2)c1. The average Bonchev–Trinajstić information content (AvgIpc) is 2.59. The number of hydrogen-bond acceptors (Lipinski definition) is 4. The zero-order valence-corrected chi connectivity index (χ0v) is 17.1. The number of ether oxygens (including phenoxy) is 1. The predicted molar refractivity (Wildman–Crippen MR) is 114 cm³/mol. The molecule has 0 aliphatic heterocycles. The Bertz CT molecular complexity index is 826. The van der Waals surface area contributed by atoms with Crippen LogP contribution in [0.25, 0.3) is 0 Å². The van der Waals surface area contributed by atoms with Crippen LogP contribution in [0.15, 0.2) is 48.5 Å². The number of nitrogens with one attached hydrogen (secondary N) is 3. The van der Waals surface area contributed by atoms with Gasteiger partial charge in [0.25, 0.3) is 0 Å². The largest absolute Gasteiger partial charge is 0.491 e. The number of benzene rings is 2. The lowest BCUT2D eigenvalue weighted by Gasteiger charge is -2.18. The number of hydrogen-bond donors (Lipinski definition) is 3. The normalized spacial score (nSPS) is 11.1. The fourth-order valence-electron chi connectivity index (χ4n) is 2.33. The molecule has 0 atom stereocenters. The molecule has 0 heterocycles. The van der Waals surface area contributed by atoms with Crippen molar-refractivity contribution in [2.24, 2.45) is 5.41 Å². The van der Waals surface area contributed by atoms with Gasteiger partial charge in [-0.25, -0.2) is 0 Å². The fraction of sp³-hybridized carbons (Fsp3) is 0.364. The van der Waals surface area contributed by atoms with E-state index >= 15 is 0 Å². The summed E-state index contributed by atoms with van der Waals surface area (Å²) < 4.78 is 5.63. The van der Waals surface area contributed by atoms with Gasteiger partial charge in [-0.2, -0.15) is 0 Å². The number of carbonyl (C=O) groups is 2. The summed E-state index contributed by atoms with van der Waals surface area (Å²) >= 11 is 0. The van der Waals surface area contributed by atoms with Crippen LogP contribution in [0, 0.1) is 5.41 Å². The number of rotatable bonds is 7. The number of amides is 2. The van der Waals surface area contributed by atoms with Gasteiger partial charge < -0.3 is 20.7 Å². The van der Waals surface area contributed by atoms with E-state index in [0.29, 0.717) is 17.1 Å². The summed E-state index contributed by atoms with van der Waals surface area (Å²) in [6.07, 6.45) is 0.0682. The molecule has 0 spiro atoms. The molecular formula is C22H29N3O3. The lowest BCUT2D eigenvalue weighted by molar-refractivity contribution is -0.123. The third-order valence-corrected chi connectivity index (χ3v) is 3.74. The van der Waals surface area contributed by atoms with E-state index < -0.39 is 5.41 Å². The molecule has 0 aliphatic carbocycles. The van der Waals surface area contributed by atoms with E-state index in [1.807, 2.05) is 71.0 Å². The zero-order chi connectivity index (χ0) is 20.7. The first-order valence-electron chi connectivity index (χ1n) is 9.35. The molecule has 0 bridgehead atoms. The van der Waals surface area contributed by atoms with E-state index in [0.717, 1.165) is 5.69 Å². The second kappa shape index (κ2) is 9.26. The Hall–Kier alpha value is -3.02. The Kier molecular flexibility index (Phi) is 7.04. The van der Waals surface area contributed by atoms with Crippen LogP contribution in [0.4, 0.5) is 17.1 Å². The molecule has 6 heteroatoms. The summed E-state index contributed by atoms with van der Waals surface area (Å²) in [5, 5.41) is 8.79. The Balaban J connectivity index is 1.91. The van der Waals surface area contributed by atoms with Gasteiger partial charge in [-0.3, -0.25) is 9.59 Å². The highest BCUT2D eigenvalue weighted by Gasteiger charge is 2.21. The second-order valence-electron chi connectivity index (χ2n) is 7.88. The predicted octanol–water partition coefficient (Wildman–Crippen LogP) is 4.51. The van der Waals surface area contributed by atoms with Gasteiger partial charge in [0.2, 0.25) is 11.8 Å². The maximum atomic E-state index is 12.2. The molecule has 3 N–H and O–H groups in total. The summed E-state index contributed by atoms with van der Waals surface area (Å²) in [4.78, 5) is 24.3. The summed E-state index contributed by atoms with van der Waals surface area (Å²) in [6.45, 7) is 9.58. The maximum Gasteiger partial charge on any atom is 0.243 e. The van der Waals surface area contributed by atoms with E-state index in [9.17, 15) is 9.59 Å². The highest BCUT2D eigenvalue weighted by atomic mass is 16.5. The minimum Gasteiger partial charge on any atom is -0.491 e. The topological polar surface area (TPSA) is 79.5 Å². The van der Waals surface area contributed by atoms with Crippen molar-refractivity contribution in [3.63, 3.8) is 0 Å². The van der Waals surface area contributed by atoms with E-state index in [-0.39, 0.29) is 24.5 Å². The lowest BCUT2D eigenvalue weighted by Crippen LogP contribution is -2.27. The van der Waals surface area contributed by atoms with Crippen LogP contribution in [-0.4, -0.2) is 24.5 Å². The van der Waals surface area contributed by atoms with Gasteiger partial charge in [-0.1, -0.05) is 32.9 Å². The molecular weight excluding hydrogens is 354 g/mol. The van der Waals surface area contributed by atoms with Crippen LogP contribution < -0.4 is 20.7 Å². The Morgan fingerprint density at radius 1 is 0.929 bits per heavy atom. The van der Waals surface area contributed by atoms with Gasteiger partial charge in [-0.15, -0.1) is 0 Å². The fourth-order valence-corrected chi connectivity index (χ4v) is 2.33. The van der Waals surface area contributed by atoms with Crippen molar-refractivity contribution < 1.29 is 14.3 Å². The van der Waals surface area contributed by atoms with Crippen LogP contribution in [0.1, 0.15) is 34.6 Å². The molecule has 2 rings (SSSR count). The van der Waals surface area contributed by atoms with E-state index in [4.69, 9.17) is 4.74 Å². The van der Waals surface area contributed by atoms with Gasteiger partial charge in [0.05, 0.1) is 12.6 Å². The molecule has 0 saturated heterocycles. The van der Waals surface area contributed by atoms with Gasteiger partial charge in [-0.05, 0) is 44.2 Å². The van der Waals surface area contributed by atoms with Crippen LogP contribution >= 0.6 is 0 Å². The Morgan fingerprint density at radius 3 is 2.18 bits per heavy atom. The first-order valence-corrected chi connectivity index (χ1v) is 9.35. The average molecular weight is 383 g/mol. The molecule has 0 unspecified atom stereocenters. The minimum atomic E-state index is -0.475. The molecule has 150 valence electrons. The highest BCUT2D eigenvalue weighted by molar-refractivity contribution is 5.95. The summed E-state index contributed by atoms with van der Waals surface area (Å²) in [5.74, 6) is 0.472. The summed E-state index contributed by atoms with van der Waals surface area (Å²) in [7, 11) is 0. The van der Waals surface area contributed by atoms with Crippen LogP contribution in [-0.2, 0) is 9.59 Å². The lowest BCUT2D eigenvalue weighted by atomic mass is 9.95.